The third-order valence-corrected chi connectivity index (χ3v) is 5.10. The molecule has 6 nitrogen and oxygen atoms in total. The number of ether oxygens (including phenoxy) is 2. The molecular weight excluding hydrogens is 326 g/mol. The number of hydrogen-bond acceptors (Lipinski definition) is 6. The lowest BCUT2D eigenvalue weighted by Gasteiger charge is -2.37. The number of aryl methyl sites for hydroxylation is 2. The maximum Gasteiger partial charge on any atom is 0.410 e. The van der Waals surface area contributed by atoms with Crippen molar-refractivity contribution in [2.24, 2.45) is 0 Å². The van der Waals surface area contributed by atoms with Gasteiger partial charge in [0.15, 0.2) is 0 Å². The van der Waals surface area contributed by atoms with Crippen molar-refractivity contribution in [1.29, 1.82) is 0 Å². The molecule has 2 rings (SSSR count). The second-order valence-electron chi connectivity index (χ2n) is 7.21. The van der Waals surface area contributed by atoms with Crippen LogP contribution in [0.3, 0.4) is 0 Å². The molecule has 0 bridgehead atoms. The molecule has 0 saturated carbocycles. The Balaban J connectivity index is 1.96. The summed E-state index contributed by atoms with van der Waals surface area (Å²) in [6.07, 6.45) is -0.268. The van der Waals surface area contributed by atoms with Crippen LogP contribution in [-0.2, 0) is 9.47 Å². The van der Waals surface area contributed by atoms with E-state index in [9.17, 15) is 4.79 Å². The number of morpholine rings is 1. The van der Waals surface area contributed by atoms with Gasteiger partial charge in [0.05, 0.1) is 30.0 Å². The summed E-state index contributed by atoms with van der Waals surface area (Å²) in [5, 5.41) is 4.59. The second kappa shape index (κ2) is 7.80. The summed E-state index contributed by atoms with van der Waals surface area (Å²) >= 11 is 1.71. The lowest BCUT2D eigenvalue weighted by atomic mass is 10.2. The zero-order valence-electron chi connectivity index (χ0n) is 15.5. The van der Waals surface area contributed by atoms with Crippen molar-refractivity contribution in [3.8, 4) is 0 Å². The zero-order chi connectivity index (χ0) is 17.9. The lowest BCUT2D eigenvalue weighted by Crippen LogP contribution is -2.54. The zero-order valence-corrected chi connectivity index (χ0v) is 16.3. The molecule has 1 aliphatic heterocycles. The highest BCUT2D eigenvalue weighted by Crippen LogP contribution is 2.24. The summed E-state index contributed by atoms with van der Waals surface area (Å²) in [4.78, 5) is 19.9. The standard InChI is InChI=1S/C17H29N3O3S/c1-11(15-12(2)19-13(3)24-15)18-9-14-10-22-8-7-20(14)16(21)23-17(4,5)6/h11,14,18H,7-10H2,1-6H3. The smallest absolute Gasteiger partial charge is 0.410 e. The molecule has 2 atom stereocenters. The Kier molecular flexibility index (Phi) is 6.22. The Morgan fingerprint density at radius 2 is 2.21 bits per heavy atom. The van der Waals surface area contributed by atoms with Crippen LogP contribution < -0.4 is 5.32 Å². The maximum absolute atomic E-state index is 12.4. The normalized spacial score (nSPS) is 20.1. The van der Waals surface area contributed by atoms with Crippen LogP contribution in [0, 0.1) is 13.8 Å². The van der Waals surface area contributed by atoms with Gasteiger partial charge in [-0.1, -0.05) is 0 Å². The van der Waals surface area contributed by atoms with E-state index < -0.39 is 5.60 Å². The first-order valence-electron chi connectivity index (χ1n) is 8.42. The van der Waals surface area contributed by atoms with E-state index in [4.69, 9.17) is 9.47 Å². The van der Waals surface area contributed by atoms with Gasteiger partial charge in [0.1, 0.15) is 5.60 Å². The van der Waals surface area contributed by atoms with E-state index in [1.54, 1.807) is 16.2 Å². The van der Waals surface area contributed by atoms with Crippen LogP contribution in [0.5, 0.6) is 0 Å². The van der Waals surface area contributed by atoms with Gasteiger partial charge in [-0.2, -0.15) is 0 Å². The van der Waals surface area contributed by atoms with Crippen molar-refractivity contribution in [3.05, 3.63) is 15.6 Å². The van der Waals surface area contributed by atoms with Gasteiger partial charge in [0, 0.05) is 24.0 Å². The number of hydrogen-bond donors (Lipinski definition) is 1. The monoisotopic (exact) mass is 355 g/mol. The Labute approximate surface area is 148 Å². The van der Waals surface area contributed by atoms with Crippen LogP contribution in [-0.4, -0.2) is 53.9 Å². The number of nitrogens with zero attached hydrogens (tertiary/aromatic N) is 2. The van der Waals surface area contributed by atoms with Crippen LogP contribution in [0.2, 0.25) is 0 Å². The molecule has 1 amide bonds. The summed E-state index contributed by atoms with van der Waals surface area (Å²) in [5.41, 5.74) is 0.583. The molecule has 0 radical (unpaired) electrons. The average molecular weight is 356 g/mol. The number of rotatable bonds is 4. The minimum atomic E-state index is -0.488. The molecular formula is C17H29N3O3S. The molecule has 136 valence electrons. The van der Waals surface area contributed by atoms with Crippen molar-refractivity contribution in [1.82, 2.24) is 15.2 Å². The summed E-state index contributed by atoms with van der Waals surface area (Å²) in [5.74, 6) is 0. The molecule has 1 N–H and O–H groups in total. The molecule has 1 aromatic heterocycles. The predicted octanol–water partition coefficient (Wildman–Crippen LogP) is 3.05. The first-order chi connectivity index (χ1) is 11.2. The number of thiazole rings is 1. The molecule has 24 heavy (non-hydrogen) atoms. The molecule has 1 fully saturated rings. The van der Waals surface area contributed by atoms with Crippen LogP contribution in [0.4, 0.5) is 4.79 Å². The number of amides is 1. The van der Waals surface area contributed by atoms with Crippen LogP contribution in [0.15, 0.2) is 0 Å². The first-order valence-corrected chi connectivity index (χ1v) is 9.23. The van der Waals surface area contributed by atoms with Crippen molar-refractivity contribution >= 4 is 17.4 Å². The fourth-order valence-corrected chi connectivity index (χ4v) is 3.69. The minimum Gasteiger partial charge on any atom is -0.444 e. The first kappa shape index (κ1) is 19.1. The molecule has 0 aliphatic carbocycles. The van der Waals surface area contributed by atoms with Crippen molar-refractivity contribution in [2.75, 3.05) is 26.3 Å². The average Bonchev–Trinajstić information content (AvgIpc) is 2.82. The Bertz CT molecular complexity index is 568. The Morgan fingerprint density at radius 1 is 1.50 bits per heavy atom. The summed E-state index contributed by atoms with van der Waals surface area (Å²) < 4.78 is 11.1. The Hall–Kier alpha value is -1.18. The van der Waals surface area contributed by atoms with Gasteiger partial charge in [-0.15, -0.1) is 11.3 Å². The lowest BCUT2D eigenvalue weighted by molar-refractivity contribution is -0.0321. The van der Waals surface area contributed by atoms with Gasteiger partial charge in [-0.3, -0.25) is 4.90 Å². The fourth-order valence-electron chi connectivity index (χ4n) is 2.74. The van der Waals surface area contributed by atoms with Crippen molar-refractivity contribution < 1.29 is 14.3 Å². The molecule has 1 saturated heterocycles. The number of aromatic nitrogens is 1. The van der Waals surface area contributed by atoms with Gasteiger partial charge in [-0.25, -0.2) is 9.78 Å². The van der Waals surface area contributed by atoms with Gasteiger partial charge in [0.25, 0.3) is 0 Å². The number of nitrogens with one attached hydrogen (secondary N) is 1. The van der Waals surface area contributed by atoms with Crippen molar-refractivity contribution in [2.45, 2.75) is 59.2 Å². The highest BCUT2D eigenvalue weighted by atomic mass is 32.1. The summed E-state index contributed by atoms with van der Waals surface area (Å²) in [6.45, 7) is 14.1. The van der Waals surface area contributed by atoms with Gasteiger partial charge in [0.2, 0.25) is 0 Å². The largest absolute Gasteiger partial charge is 0.444 e. The highest BCUT2D eigenvalue weighted by Gasteiger charge is 2.31. The molecule has 1 aliphatic rings. The minimum absolute atomic E-state index is 0.0228. The second-order valence-corrected chi connectivity index (χ2v) is 8.45. The van der Waals surface area contributed by atoms with Gasteiger partial charge < -0.3 is 14.8 Å². The predicted molar refractivity (Wildman–Crippen MR) is 95.6 cm³/mol. The fraction of sp³-hybridized carbons (Fsp3) is 0.765. The quantitative estimate of drug-likeness (QED) is 0.899. The van der Waals surface area contributed by atoms with Crippen LogP contribution in [0.1, 0.15) is 49.3 Å². The van der Waals surface area contributed by atoms with E-state index >= 15 is 0 Å². The van der Waals surface area contributed by atoms with E-state index in [0.717, 1.165) is 10.7 Å². The molecule has 1 aromatic rings. The molecule has 2 unspecified atom stereocenters. The van der Waals surface area contributed by atoms with Crippen molar-refractivity contribution in [3.63, 3.8) is 0 Å². The molecule has 0 aromatic carbocycles. The third-order valence-electron chi connectivity index (χ3n) is 3.85. The molecule has 7 heteroatoms. The van der Waals surface area contributed by atoms with E-state index in [-0.39, 0.29) is 18.2 Å². The Morgan fingerprint density at radius 3 is 2.79 bits per heavy atom. The SMILES string of the molecule is Cc1nc(C)c(C(C)NCC2COCCN2C(=O)OC(C)(C)C)s1. The third kappa shape index (κ3) is 5.16. The van der Waals surface area contributed by atoms with E-state index in [2.05, 4.69) is 17.2 Å². The number of carbonyl (C=O) groups is 1. The van der Waals surface area contributed by atoms with E-state index in [1.807, 2.05) is 34.6 Å². The number of carbonyl (C=O) groups excluding carboxylic acids is 1. The molecule has 0 spiro atoms. The highest BCUT2D eigenvalue weighted by molar-refractivity contribution is 7.11. The summed E-state index contributed by atoms with van der Waals surface area (Å²) in [6, 6.07) is 0.170. The van der Waals surface area contributed by atoms with E-state index in [0.29, 0.717) is 26.3 Å². The van der Waals surface area contributed by atoms with Crippen LogP contribution in [0.25, 0.3) is 0 Å². The molecule has 2 heterocycles. The topological polar surface area (TPSA) is 63.7 Å². The summed E-state index contributed by atoms with van der Waals surface area (Å²) in [7, 11) is 0. The van der Waals surface area contributed by atoms with Gasteiger partial charge in [-0.05, 0) is 41.5 Å². The van der Waals surface area contributed by atoms with Crippen LogP contribution >= 0.6 is 11.3 Å². The van der Waals surface area contributed by atoms with E-state index in [1.165, 1.54) is 4.88 Å². The van der Waals surface area contributed by atoms with Gasteiger partial charge >= 0.3 is 6.09 Å². The maximum atomic E-state index is 12.4.